The second-order valence-corrected chi connectivity index (χ2v) is 13.5. The van der Waals surface area contributed by atoms with Crippen LogP contribution in [0.2, 0.25) is 0 Å². The normalized spacial score (nSPS) is 12.4. The van der Waals surface area contributed by atoms with E-state index in [0.29, 0.717) is 13.0 Å². The maximum atomic E-state index is 14.1. The molecule has 0 aliphatic rings. The number of nitrogens with zero attached hydrogens (tertiary/aromatic N) is 2. The zero-order valence-corrected chi connectivity index (χ0v) is 25.5. The number of para-hydroxylation sites is 1. The number of benzene rings is 3. The molecule has 4 rings (SSSR count). The summed E-state index contributed by atoms with van der Waals surface area (Å²) in [6, 6.07) is 29.9. The summed E-state index contributed by atoms with van der Waals surface area (Å²) < 4.78 is 16.3. The Labute approximate surface area is 243 Å². The van der Waals surface area contributed by atoms with Gasteiger partial charge in [0, 0.05) is 17.7 Å². The number of rotatable bonds is 13. The van der Waals surface area contributed by atoms with Crippen molar-refractivity contribution in [3.63, 3.8) is 0 Å². The van der Waals surface area contributed by atoms with Gasteiger partial charge < -0.3 is 9.79 Å². The van der Waals surface area contributed by atoms with Gasteiger partial charge >= 0.3 is 13.3 Å². The molecule has 0 bridgehead atoms. The molecule has 1 aromatic heterocycles. The first-order valence-electron chi connectivity index (χ1n) is 14.7. The van der Waals surface area contributed by atoms with Gasteiger partial charge in [-0.3, -0.25) is 13.7 Å². The van der Waals surface area contributed by atoms with Crippen LogP contribution in [0.3, 0.4) is 0 Å². The van der Waals surface area contributed by atoms with E-state index >= 15 is 0 Å². The predicted octanol–water partition coefficient (Wildman–Crippen LogP) is 8.15. The van der Waals surface area contributed by atoms with Crippen molar-refractivity contribution in [1.29, 1.82) is 0 Å². The quantitative estimate of drug-likeness (QED) is 0.125. The highest BCUT2D eigenvalue weighted by atomic mass is 31.2. The highest BCUT2D eigenvalue weighted by molar-refractivity contribution is 7.53. The largest absolute Gasteiger partial charge is 0.333 e. The zero-order chi connectivity index (χ0) is 29.6. The minimum Gasteiger partial charge on any atom is -0.324 e. The Balaban J connectivity index is 1.64. The molecule has 0 radical (unpaired) electrons. The van der Waals surface area contributed by atoms with Crippen LogP contribution in [0.4, 0.5) is 0 Å². The molecule has 0 atom stereocenters. The van der Waals surface area contributed by atoms with Gasteiger partial charge in [-0.15, -0.1) is 0 Å². The second-order valence-electron chi connectivity index (χ2n) is 11.5. The van der Waals surface area contributed by atoms with Crippen molar-refractivity contribution in [2.45, 2.75) is 71.5 Å². The molecule has 4 aromatic rings. The number of aromatic nitrogens is 2. The van der Waals surface area contributed by atoms with Gasteiger partial charge in [-0.2, -0.15) is 0 Å². The van der Waals surface area contributed by atoms with Crippen LogP contribution in [-0.2, 0) is 11.1 Å². The molecule has 0 unspecified atom stereocenters. The highest BCUT2D eigenvalue weighted by Gasteiger charge is 2.50. The van der Waals surface area contributed by atoms with Crippen molar-refractivity contribution in [3.8, 4) is 28.2 Å². The molecule has 2 N–H and O–H groups in total. The lowest BCUT2D eigenvalue weighted by molar-refractivity contribution is 0.220. The smallest absolute Gasteiger partial charge is 0.324 e. The predicted molar refractivity (Wildman–Crippen MR) is 168 cm³/mol. The van der Waals surface area contributed by atoms with Crippen molar-refractivity contribution in [1.82, 2.24) is 9.13 Å². The molecule has 0 spiro atoms. The van der Waals surface area contributed by atoms with Crippen LogP contribution < -0.4 is 5.69 Å². The fourth-order valence-corrected chi connectivity index (χ4v) is 8.21. The summed E-state index contributed by atoms with van der Waals surface area (Å²) in [5, 5.41) is -1.01. The van der Waals surface area contributed by atoms with Crippen LogP contribution in [0.15, 0.2) is 95.8 Å². The topological polar surface area (TPSA) is 84.5 Å². The van der Waals surface area contributed by atoms with E-state index in [4.69, 9.17) is 0 Å². The average molecular weight is 575 g/mol. The lowest BCUT2D eigenvalue weighted by atomic mass is 9.80. The minimum atomic E-state index is -4.28. The first kappa shape index (κ1) is 30.8. The summed E-state index contributed by atoms with van der Waals surface area (Å²) in [5.74, 6) is -0.242. The Morgan fingerprint density at radius 3 is 1.63 bits per heavy atom. The Bertz CT molecular complexity index is 1500. The van der Waals surface area contributed by atoms with Crippen LogP contribution in [0.5, 0.6) is 0 Å². The first-order valence-corrected chi connectivity index (χ1v) is 16.3. The first-order chi connectivity index (χ1) is 19.6. The monoisotopic (exact) mass is 574 g/mol. The molecule has 3 aromatic carbocycles. The molecule has 0 aliphatic carbocycles. The van der Waals surface area contributed by atoms with E-state index in [2.05, 4.69) is 0 Å². The van der Waals surface area contributed by atoms with Gasteiger partial charge in [-0.25, -0.2) is 4.79 Å². The molecule has 0 saturated carbocycles. The standard InChI is InChI=1S/C34H43N2O4P/c1-26(2)34(27(3)4,41(38,39)40)24-16-5-6-17-25-35-31(28-18-10-7-11-19-28)32(29-20-12-8-13-21-29)36(33(35)37)30-22-14-9-15-23-30/h7-15,18-23,26-27H,5-6,16-17,24-25H2,1-4H3,(H2,38,39,40). The van der Waals surface area contributed by atoms with E-state index in [1.165, 1.54) is 0 Å². The van der Waals surface area contributed by atoms with Crippen LogP contribution in [0.25, 0.3) is 28.2 Å². The van der Waals surface area contributed by atoms with Gasteiger partial charge in [-0.1, -0.05) is 126 Å². The summed E-state index contributed by atoms with van der Waals surface area (Å²) in [6.07, 6.45) is 3.73. The number of imidazole rings is 1. The maximum absolute atomic E-state index is 14.1. The van der Waals surface area contributed by atoms with Crippen molar-refractivity contribution < 1.29 is 14.4 Å². The molecule has 0 saturated heterocycles. The third-order valence-corrected chi connectivity index (χ3v) is 10.8. The molecule has 0 fully saturated rings. The van der Waals surface area contributed by atoms with Crippen molar-refractivity contribution in [3.05, 3.63) is 101 Å². The summed E-state index contributed by atoms with van der Waals surface area (Å²) in [6.45, 7) is 8.22. The lowest BCUT2D eigenvalue weighted by Crippen LogP contribution is -2.40. The Morgan fingerprint density at radius 2 is 1.15 bits per heavy atom. The van der Waals surface area contributed by atoms with E-state index < -0.39 is 12.8 Å². The fourth-order valence-electron chi connectivity index (χ4n) is 6.41. The van der Waals surface area contributed by atoms with Gasteiger partial charge in [0.15, 0.2) is 0 Å². The van der Waals surface area contributed by atoms with E-state index in [0.717, 1.165) is 53.9 Å². The summed E-state index contributed by atoms with van der Waals surface area (Å²) >= 11 is 0. The molecule has 0 amide bonds. The third kappa shape index (κ3) is 6.35. The highest BCUT2D eigenvalue weighted by Crippen LogP contribution is 2.60. The van der Waals surface area contributed by atoms with E-state index in [1.807, 2.05) is 128 Å². The second kappa shape index (κ2) is 13.2. The number of unbranched alkanes of at least 4 members (excludes halogenated alkanes) is 3. The Kier molecular flexibility index (Phi) is 9.91. The van der Waals surface area contributed by atoms with Crippen molar-refractivity contribution in [2.75, 3.05) is 0 Å². The van der Waals surface area contributed by atoms with Crippen molar-refractivity contribution >= 4 is 7.60 Å². The van der Waals surface area contributed by atoms with E-state index in [-0.39, 0.29) is 17.5 Å². The van der Waals surface area contributed by atoms with Gasteiger partial charge in [0.1, 0.15) is 0 Å². The molecular weight excluding hydrogens is 531 g/mol. The summed E-state index contributed by atoms with van der Waals surface area (Å²) in [7, 11) is -4.28. The van der Waals surface area contributed by atoms with Gasteiger partial charge in [0.05, 0.1) is 22.2 Å². The molecule has 1 heterocycles. The SMILES string of the molecule is CC(C)C(CCCCCCn1c(-c2ccccc2)c(-c2ccccc2)n(-c2ccccc2)c1=O)(C(C)C)P(=O)(O)O. The molecule has 7 heteroatoms. The third-order valence-electron chi connectivity index (χ3n) is 8.50. The Morgan fingerprint density at radius 1 is 0.683 bits per heavy atom. The maximum Gasteiger partial charge on any atom is 0.333 e. The minimum absolute atomic E-state index is 0.0750. The zero-order valence-electron chi connectivity index (χ0n) is 24.6. The fraction of sp³-hybridized carbons (Fsp3) is 0.382. The summed E-state index contributed by atoms with van der Waals surface area (Å²) in [4.78, 5) is 34.7. The molecule has 6 nitrogen and oxygen atoms in total. The Hall–Kier alpha value is -3.18. The molecular formula is C34H43N2O4P. The van der Waals surface area contributed by atoms with Crippen LogP contribution in [-0.4, -0.2) is 24.1 Å². The molecule has 0 aliphatic heterocycles. The van der Waals surface area contributed by atoms with Crippen LogP contribution in [0, 0.1) is 11.8 Å². The van der Waals surface area contributed by atoms with Crippen molar-refractivity contribution in [2.24, 2.45) is 11.8 Å². The summed E-state index contributed by atoms with van der Waals surface area (Å²) in [5.41, 5.74) is 4.47. The number of hydrogen-bond acceptors (Lipinski definition) is 2. The number of hydrogen-bond donors (Lipinski definition) is 2. The van der Waals surface area contributed by atoms with Crippen LogP contribution in [0.1, 0.15) is 59.8 Å². The van der Waals surface area contributed by atoms with E-state index in [9.17, 15) is 19.1 Å². The average Bonchev–Trinajstić information content (AvgIpc) is 3.24. The van der Waals surface area contributed by atoms with Gasteiger partial charge in [-0.05, 0) is 36.8 Å². The lowest BCUT2D eigenvalue weighted by Gasteiger charge is -2.41. The molecule has 41 heavy (non-hydrogen) atoms. The molecule has 218 valence electrons. The van der Waals surface area contributed by atoms with Crippen LogP contribution >= 0.6 is 7.60 Å². The van der Waals surface area contributed by atoms with Gasteiger partial charge in [0.25, 0.3) is 0 Å². The van der Waals surface area contributed by atoms with E-state index in [1.54, 1.807) is 0 Å². The van der Waals surface area contributed by atoms with Gasteiger partial charge in [0.2, 0.25) is 0 Å².